The van der Waals surface area contributed by atoms with Crippen molar-refractivity contribution < 1.29 is 0 Å². The van der Waals surface area contributed by atoms with Crippen LogP contribution in [0.3, 0.4) is 0 Å². The van der Waals surface area contributed by atoms with Crippen molar-refractivity contribution in [2.24, 2.45) is 0 Å². The minimum absolute atomic E-state index is 0.157. The molecule has 0 aliphatic rings. The molecule has 2 aromatic carbocycles. The molecule has 0 fully saturated rings. The van der Waals surface area contributed by atoms with Crippen molar-refractivity contribution >= 4 is 23.1 Å². The van der Waals surface area contributed by atoms with E-state index in [1.807, 2.05) is 18.4 Å². The van der Waals surface area contributed by atoms with Crippen molar-refractivity contribution in [2.75, 3.05) is 6.26 Å². The average molecular weight is 327 g/mol. The van der Waals surface area contributed by atoms with E-state index < -0.39 is 0 Å². The first-order valence-electron chi connectivity index (χ1n) is 7.06. The second-order valence-corrected chi connectivity index (χ2v) is 6.92. The van der Waals surface area contributed by atoms with E-state index in [0.717, 1.165) is 9.35 Å². The lowest BCUT2D eigenvalue weighted by Crippen LogP contribution is -2.21. The highest BCUT2D eigenvalue weighted by molar-refractivity contribution is 8.00. The van der Waals surface area contributed by atoms with E-state index in [1.54, 1.807) is 23.1 Å². The lowest BCUT2D eigenvalue weighted by Gasteiger charge is -2.19. The van der Waals surface area contributed by atoms with Gasteiger partial charge in [-0.2, -0.15) is 0 Å². The number of nitrogens with one attached hydrogen (secondary N) is 1. The first-order chi connectivity index (χ1) is 10.9. The van der Waals surface area contributed by atoms with E-state index in [2.05, 4.69) is 64.0 Å². The van der Waals surface area contributed by atoms with Crippen molar-refractivity contribution in [1.29, 1.82) is 0 Å². The van der Waals surface area contributed by atoms with Gasteiger partial charge in [-0.05, 0) is 17.4 Å². The number of nitrogens with zero attached hydrogens (tertiary/aromatic N) is 2. The molecule has 0 atom stereocenters. The van der Waals surface area contributed by atoms with Gasteiger partial charge in [-0.3, -0.25) is 5.32 Å². The summed E-state index contributed by atoms with van der Waals surface area (Å²) >= 11 is 3.28. The number of hydrogen-bond acceptors (Lipinski definition) is 5. The van der Waals surface area contributed by atoms with Crippen molar-refractivity contribution in [3.63, 3.8) is 0 Å². The molecule has 112 valence electrons. The maximum Gasteiger partial charge on any atom is 0.174 e. The Morgan fingerprint density at radius 1 is 0.955 bits per heavy atom. The third-order valence-corrected chi connectivity index (χ3v) is 5.24. The van der Waals surface area contributed by atoms with Gasteiger partial charge in [-0.1, -0.05) is 83.8 Å². The Morgan fingerprint density at radius 2 is 1.55 bits per heavy atom. The third-order valence-electron chi connectivity index (χ3n) is 3.35. The summed E-state index contributed by atoms with van der Waals surface area (Å²) < 4.78 is 1.01. The van der Waals surface area contributed by atoms with Gasteiger partial charge < -0.3 is 0 Å². The fraction of sp³-hybridized carbons (Fsp3) is 0.176. The Labute approximate surface area is 138 Å². The number of aromatic nitrogens is 2. The van der Waals surface area contributed by atoms with Gasteiger partial charge in [0.2, 0.25) is 0 Å². The Bertz CT molecular complexity index is 659. The summed E-state index contributed by atoms with van der Waals surface area (Å²) in [5, 5.41) is 13.0. The predicted molar refractivity (Wildman–Crippen MR) is 93.3 cm³/mol. The first-order valence-corrected chi connectivity index (χ1v) is 9.10. The van der Waals surface area contributed by atoms with E-state index in [9.17, 15) is 0 Å². The highest BCUT2D eigenvalue weighted by Gasteiger charge is 2.14. The molecule has 0 unspecified atom stereocenters. The van der Waals surface area contributed by atoms with Gasteiger partial charge in [0.05, 0.1) is 12.6 Å². The first kappa shape index (κ1) is 15.2. The molecule has 0 aliphatic heterocycles. The van der Waals surface area contributed by atoms with E-state index >= 15 is 0 Å². The molecule has 0 spiro atoms. The highest BCUT2D eigenvalue weighted by Crippen LogP contribution is 2.24. The van der Waals surface area contributed by atoms with Crippen molar-refractivity contribution in [2.45, 2.75) is 16.9 Å². The average Bonchev–Trinajstić information content (AvgIpc) is 3.05. The maximum atomic E-state index is 4.23. The summed E-state index contributed by atoms with van der Waals surface area (Å²) in [6.45, 7) is 0.715. The van der Waals surface area contributed by atoms with Crippen LogP contribution in [0.15, 0.2) is 65.0 Å². The Kier molecular flexibility index (Phi) is 5.21. The summed E-state index contributed by atoms with van der Waals surface area (Å²) in [6, 6.07) is 21.1. The number of rotatable bonds is 6. The van der Waals surface area contributed by atoms with E-state index in [-0.39, 0.29) is 6.04 Å². The van der Waals surface area contributed by atoms with Crippen LogP contribution in [0.4, 0.5) is 0 Å². The molecule has 0 saturated carbocycles. The Morgan fingerprint density at radius 3 is 2.05 bits per heavy atom. The van der Waals surface area contributed by atoms with Crippen LogP contribution in [0.2, 0.25) is 0 Å². The molecule has 0 amide bonds. The van der Waals surface area contributed by atoms with E-state index in [0.29, 0.717) is 6.54 Å². The fourth-order valence-corrected chi connectivity index (χ4v) is 3.57. The quantitative estimate of drug-likeness (QED) is 0.691. The largest absolute Gasteiger partial charge is 0.300 e. The molecule has 0 saturated heterocycles. The molecule has 0 aliphatic carbocycles. The predicted octanol–water partition coefficient (Wildman–Crippen LogP) is 4.14. The number of thioether (sulfide) groups is 1. The van der Waals surface area contributed by atoms with Crippen LogP contribution in [0, 0.1) is 0 Å². The lowest BCUT2D eigenvalue weighted by molar-refractivity contribution is 0.600. The Balaban J connectivity index is 1.80. The van der Waals surface area contributed by atoms with Gasteiger partial charge in [0, 0.05) is 0 Å². The van der Waals surface area contributed by atoms with Crippen LogP contribution in [-0.2, 0) is 6.54 Å². The van der Waals surface area contributed by atoms with Gasteiger partial charge in [-0.25, -0.2) is 0 Å². The van der Waals surface area contributed by atoms with Crippen LogP contribution in [0.5, 0.6) is 0 Å². The monoisotopic (exact) mass is 327 g/mol. The molecular weight excluding hydrogens is 310 g/mol. The second kappa shape index (κ2) is 7.54. The topological polar surface area (TPSA) is 37.8 Å². The van der Waals surface area contributed by atoms with E-state index in [1.165, 1.54) is 11.1 Å². The standard InChI is InChI=1S/C17H17N3S2/c1-21-17-20-19-15(22-17)12-18-16(13-8-4-2-5-9-13)14-10-6-3-7-11-14/h2-11,16,18H,12H2,1H3. The molecule has 5 heteroatoms. The van der Waals surface area contributed by atoms with Crippen molar-refractivity contribution in [3.05, 3.63) is 76.8 Å². The number of benzene rings is 2. The number of hydrogen-bond donors (Lipinski definition) is 1. The van der Waals surface area contributed by atoms with Crippen LogP contribution >= 0.6 is 23.1 Å². The third kappa shape index (κ3) is 3.74. The summed E-state index contributed by atoms with van der Waals surface area (Å²) in [5.74, 6) is 0. The molecule has 1 N–H and O–H groups in total. The summed E-state index contributed by atoms with van der Waals surface area (Å²) in [7, 11) is 0. The fourth-order valence-electron chi connectivity index (χ4n) is 2.30. The van der Waals surface area contributed by atoms with Crippen molar-refractivity contribution in [1.82, 2.24) is 15.5 Å². The van der Waals surface area contributed by atoms with Crippen LogP contribution in [0.1, 0.15) is 22.2 Å². The minimum atomic E-state index is 0.157. The molecular formula is C17H17N3S2. The van der Waals surface area contributed by atoms with Gasteiger partial charge >= 0.3 is 0 Å². The molecule has 3 rings (SSSR count). The van der Waals surface area contributed by atoms with Gasteiger partial charge in [0.15, 0.2) is 4.34 Å². The molecule has 1 heterocycles. The lowest BCUT2D eigenvalue weighted by atomic mass is 9.99. The Hall–Kier alpha value is -1.69. The van der Waals surface area contributed by atoms with Crippen LogP contribution in [-0.4, -0.2) is 16.5 Å². The van der Waals surface area contributed by atoms with Crippen LogP contribution < -0.4 is 5.32 Å². The zero-order valence-corrected chi connectivity index (χ0v) is 13.9. The summed E-state index contributed by atoms with van der Waals surface area (Å²) in [4.78, 5) is 0. The maximum absolute atomic E-state index is 4.23. The molecule has 22 heavy (non-hydrogen) atoms. The zero-order chi connectivity index (χ0) is 15.2. The van der Waals surface area contributed by atoms with Gasteiger partial charge in [-0.15, -0.1) is 10.2 Å². The smallest absolute Gasteiger partial charge is 0.174 e. The summed E-state index contributed by atoms with van der Waals surface area (Å²) in [5.41, 5.74) is 2.51. The SMILES string of the molecule is CSc1nnc(CNC(c2ccccc2)c2ccccc2)s1. The van der Waals surface area contributed by atoms with Gasteiger partial charge in [0.1, 0.15) is 5.01 Å². The molecule has 3 nitrogen and oxygen atoms in total. The van der Waals surface area contributed by atoms with Crippen molar-refractivity contribution in [3.8, 4) is 0 Å². The summed E-state index contributed by atoms with van der Waals surface area (Å²) in [6.07, 6.45) is 2.02. The molecule has 3 aromatic rings. The normalized spacial score (nSPS) is 11.0. The minimum Gasteiger partial charge on any atom is -0.300 e. The second-order valence-electron chi connectivity index (χ2n) is 4.80. The van der Waals surface area contributed by atoms with Crippen LogP contribution in [0.25, 0.3) is 0 Å². The molecule has 0 bridgehead atoms. The highest BCUT2D eigenvalue weighted by atomic mass is 32.2. The van der Waals surface area contributed by atoms with Gasteiger partial charge in [0.25, 0.3) is 0 Å². The van der Waals surface area contributed by atoms with E-state index in [4.69, 9.17) is 0 Å². The molecule has 1 aromatic heterocycles. The zero-order valence-electron chi connectivity index (χ0n) is 12.3. The molecule has 0 radical (unpaired) electrons.